The molecule has 0 spiro atoms. The Bertz CT molecular complexity index is 1480. The number of hydrogen-bond donors (Lipinski definition) is 1. The van der Waals surface area contributed by atoms with E-state index in [0.29, 0.717) is 35.4 Å². The Kier molecular flexibility index (Phi) is 7.37. The van der Waals surface area contributed by atoms with Crippen molar-refractivity contribution in [1.82, 2.24) is 4.31 Å². The Labute approximate surface area is 222 Å². The first kappa shape index (κ1) is 25.1. The summed E-state index contributed by atoms with van der Waals surface area (Å²) in [5.74, 6) is 1.13. The molecule has 0 bridgehead atoms. The summed E-state index contributed by atoms with van der Waals surface area (Å²) in [5.41, 5.74) is 3.18. The molecule has 8 heteroatoms. The molecule has 1 N–H and O–H groups in total. The molecule has 0 radical (unpaired) electrons. The zero-order valence-electron chi connectivity index (χ0n) is 20.3. The van der Waals surface area contributed by atoms with Crippen LogP contribution >= 0.6 is 11.6 Å². The third-order valence-electron chi connectivity index (χ3n) is 6.13. The monoisotopic (exact) mass is 534 g/mol. The minimum atomic E-state index is -3.78. The number of sulfonamides is 1. The Hall–Kier alpha value is -3.52. The van der Waals surface area contributed by atoms with Gasteiger partial charge < -0.3 is 14.8 Å². The summed E-state index contributed by atoms with van der Waals surface area (Å²) >= 11 is 5.99. The molecule has 1 aliphatic rings. The predicted molar refractivity (Wildman–Crippen MR) is 145 cm³/mol. The Morgan fingerprint density at radius 1 is 0.838 bits per heavy atom. The SMILES string of the molecule is CCOc1cc([C@@H]2Nc3ccccc3S(=O)(=O)N2Cc2ccccc2)ccc1OCc1ccc(Cl)cc1. The van der Waals surface area contributed by atoms with Crippen molar-refractivity contribution in [2.24, 2.45) is 0 Å². The second-order valence-corrected chi connectivity index (χ2v) is 10.9. The molecule has 6 nitrogen and oxygen atoms in total. The molecule has 0 saturated carbocycles. The van der Waals surface area contributed by atoms with E-state index in [9.17, 15) is 8.42 Å². The maximum atomic E-state index is 13.8. The Balaban J connectivity index is 1.50. The second-order valence-electron chi connectivity index (χ2n) is 8.63. The highest BCUT2D eigenvalue weighted by molar-refractivity contribution is 7.89. The molecule has 1 aliphatic heterocycles. The highest BCUT2D eigenvalue weighted by atomic mass is 35.5. The summed E-state index contributed by atoms with van der Waals surface area (Å²) < 4.78 is 41.0. The lowest BCUT2D eigenvalue weighted by Crippen LogP contribution is -2.42. The van der Waals surface area contributed by atoms with E-state index in [1.807, 2.05) is 85.8 Å². The molecule has 0 fully saturated rings. The number of nitrogens with one attached hydrogen (secondary N) is 1. The molecule has 4 aromatic rings. The molecule has 0 aromatic heterocycles. The van der Waals surface area contributed by atoms with Gasteiger partial charge in [0.25, 0.3) is 0 Å². The van der Waals surface area contributed by atoms with Gasteiger partial charge in [0.2, 0.25) is 10.0 Å². The fourth-order valence-electron chi connectivity index (χ4n) is 4.31. The maximum absolute atomic E-state index is 13.8. The molecule has 0 unspecified atom stereocenters. The van der Waals surface area contributed by atoms with Crippen LogP contribution in [0.3, 0.4) is 0 Å². The minimum absolute atomic E-state index is 0.216. The lowest BCUT2D eigenvalue weighted by Gasteiger charge is -2.37. The van der Waals surface area contributed by atoms with Crippen molar-refractivity contribution in [3.63, 3.8) is 0 Å². The van der Waals surface area contributed by atoms with Gasteiger partial charge in [0, 0.05) is 11.6 Å². The van der Waals surface area contributed by atoms with Crippen molar-refractivity contribution in [2.45, 2.75) is 31.1 Å². The van der Waals surface area contributed by atoms with E-state index in [0.717, 1.165) is 16.7 Å². The van der Waals surface area contributed by atoms with Crippen LogP contribution in [0.4, 0.5) is 5.69 Å². The molecule has 0 saturated heterocycles. The molecule has 4 aromatic carbocycles. The summed E-state index contributed by atoms with van der Waals surface area (Å²) in [6.45, 7) is 2.90. The van der Waals surface area contributed by atoms with Gasteiger partial charge in [-0.05, 0) is 60.0 Å². The van der Waals surface area contributed by atoms with Crippen molar-refractivity contribution >= 4 is 27.3 Å². The third kappa shape index (κ3) is 5.44. The number of nitrogens with zero attached hydrogens (tertiary/aromatic N) is 1. The highest BCUT2D eigenvalue weighted by Crippen LogP contribution is 2.41. The fourth-order valence-corrected chi connectivity index (χ4v) is 6.11. The first-order chi connectivity index (χ1) is 18.0. The number of hydrogen-bond acceptors (Lipinski definition) is 5. The van der Waals surface area contributed by atoms with E-state index in [1.165, 1.54) is 4.31 Å². The first-order valence-electron chi connectivity index (χ1n) is 12.0. The van der Waals surface area contributed by atoms with E-state index in [-0.39, 0.29) is 11.4 Å². The molecule has 0 amide bonds. The zero-order valence-corrected chi connectivity index (χ0v) is 21.9. The topological polar surface area (TPSA) is 67.9 Å². The quantitative estimate of drug-likeness (QED) is 0.275. The molecular weight excluding hydrogens is 508 g/mol. The predicted octanol–water partition coefficient (Wildman–Crippen LogP) is 6.63. The van der Waals surface area contributed by atoms with Crippen LogP contribution in [-0.2, 0) is 23.2 Å². The van der Waals surface area contributed by atoms with Gasteiger partial charge >= 0.3 is 0 Å². The number of ether oxygens (including phenoxy) is 2. The van der Waals surface area contributed by atoms with Crippen LogP contribution in [0.1, 0.15) is 29.8 Å². The smallest absolute Gasteiger partial charge is 0.247 e. The zero-order chi connectivity index (χ0) is 25.8. The standard InChI is InChI=1S/C29H27ClN2O4S/c1-2-35-27-18-23(14-17-26(27)36-20-22-12-15-24(30)16-13-22)29-31-25-10-6-7-11-28(25)37(33,34)32(29)19-21-8-4-3-5-9-21/h3-18,29,31H,2,19-20H2,1H3/t29-/m1/s1. The second kappa shape index (κ2) is 10.8. The van der Waals surface area contributed by atoms with E-state index < -0.39 is 16.2 Å². The van der Waals surface area contributed by atoms with Gasteiger partial charge in [0.1, 0.15) is 17.7 Å². The normalized spacial score (nSPS) is 16.4. The fraction of sp³-hybridized carbons (Fsp3) is 0.172. The summed E-state index contributed by atoms with van der Waals surface area (Å²) in [7, 11) is -3.78. The molecule has 1 atom stereocenters. The van der Waals surface area contributed by atoms with Crippen LogP contribution in [0, 0.1) is 0 Å². The van der Waals surface area contributed by atoms with Gasteiger partial charge in [-0.2, -0.15) is 4.31 Å². The van der Waals surface area contributed by atoms with Crippen LogP contribution in [0.2, 0.25) is 5.02 Å². The average molecular weight is 535 g/mol. The van der Waals surface area contributed by atoms with Crippen LogP contribution in [0.25, 0.3) is 0 Å². The van der Waals surface area contributed by atoms with Crippen molar-refractivity contribution in [3.8, 4) is 11.5 Å². The van der Waals surface area contributed by atoms with E-state index in [2.05, 4.69) is 5.32 Å². The van der Waals surface area contributed by atoms with Crippen molar-refractivity contribution in [1.29, 1.82) is 0 Å². The van der Waals surface area contributed by atoms with Gasteiger partial charge in [0.15, 0.2) is 11.5 Å². The Morgan fingerprint density at radius 3 is 2.32 bits per heavy atom. The summed E-state index contributed by atoms with van der Waals surface area (Å²) in [6, 6.07) is 29.5. The van der Waals surface area contributed by atoms with Gasteiger partial charge in [-0.1, -0.05) is 72.3 Å². The summed E-state index contributed by atoms with van der Waals surface area (Å²) in [4.78, 5) is 0.259. The summed E-state index contributed by atoms with van der Waals surface area (Å²) in [6.07, 6.45) is -0.635. The van der Waals surface area contributed by atoms with Crippen LogP contribution < -0.4 is 14.8 Å². The maximum Gasteiger partial charge on any atom is 0.247 e. The molecule has 0 aliphatic carbocycles. The van der Waals surface area contributed by atoms with Crippen molar-refractivity contribution < 1.29 is 17.9 Å². The molecular formula is C29H27ClN2O4S. The lowest BCUT2D eigenvalue weighted by atomic mass is 10.1. The van der Waals surface area contributed by atoms with Crippen molar-refractivity contribution in [3.05, 3.63) is 119 Å². The van der Waals surface area contributed by atoms with Gasteiger partial charge in [-0.15, -0.1) is 0 Å². The first-order valence-corrected chi connectivity index (χ1v) is 13.8. The van der Waals surface area contributed by atoms with Crippen LogP contribution in [-0.4, -0.2) is 19.3 Å². The molecule has 1 heterocycles. The number of para-hydroxylation sites is 1. The van der Waals surface area contributed by atoms with Crippen LogP contribution in [0.5, 0.6) is 11.5 Å². The van der Waals surface area contributed by atoms with E-state index in [4.69, 9.17) is 21.1 Å². The molecule has 5 rings (SSSR count). The minimum Gasteiger partial charge on any atom is -0.490 e. The lowest BCUT2D eigenvalue weighted by molar-refractivity contribution is 0.268. The average Bonchev–Trinajstić information content (AvgIpc) is 2.91. The molecule has 190 valence electrons. The molecule has 37 heavy (non-hydrogen) atoms. The number of anilines is 1. The third-order valence-corrected chi connectivity index (χ3v) is 8.25. The van der Waals surface area contributed by atoms with Crippen molar-refractivity contribution in [2.75, 3.05) is 11.9 Å². The number of benzene rings is 4. The number of rotatable bonds is 8. The van der Waals surface area contributed by atoms with Gasteiger partial charge in [-0.3, -0.25) is 0 Å². The van der Waals surface area contributed by atoms with Gasteiger partial charge in [0.05, 0.1) is 12.3 Å². The summed E-state index contributed by atoms with van der Waals surface area (Å²) in [5, 5.41) is 4.10. The Morgan fingerprint density at radius 2 is 1.57 bits per heavy atom. The largest absolute Gasteiger partial charge is 0.490 e. The van der Waals surface area contributed by atoms with Crippen LogP contribution in [0.15, 0.2) is 102 Å². The number of halogens is 1. The highest BCUT2D eigenvalue weighted by Gasteiger charge is 2.39. The van der Waals surface area contributed by atoms with E-state index >= 15 is 0 Å². The van der Waals surface area contributed by atoms with Gasteiger partial charge in [-0.25, -0.2) is 8.42 Å². The van der Waals surface area contributed by atoms with E-state index in [1.54, 1.807) is 18.2 Å². The number of fused-ring (bicyclic) bond motifs is 1.